The van der Waals surface area contributed by atoms with Crippen LogP contribution in [0.4, 0.5) is 18.9 Å². The summed E-state index contributed by atoms with van der Waals surface area (Å²) in [5.41, 5.74) is -0.528. The molecule has 0 bridgehead atoms. The lowest BCUT2D eigenvalue weighted by molar-refractivity contribution is -0.140. The SMILES string of the molecule is COC(=O)CCCCCCCN(C(=O)c1cc(OC)c(OC)c(OC)c1)c1cccc(C(F)(F)F)c1. The van der Waals surface area contributed by atoms with Crippen LogP contribution in [0.5, 0.6) is 17.2 Å². The predicted octanol–water partition coefficient (Wildman–Crippen LogP) is 5.89. The average molecular weight is 512 g/mol. The molecule has 2 aromatic carbocycles. The van der Waals surface area contributed by atoms with Crippen molar-refractivity contribution in [2.24, 2.45) is 0 Å². The normalized spacial score (nSPS) is 11.1. The molecule has 0 spiro atoms. The molecule has 0 unspecified atom stereocenters. The van der Waals surface area contributed by atoms with Crippen LogP contribution in [0.25, 0.3) is 0 Å². The second kappa shape index (κ2) is 13.6. The Morgan fingerprint density at radius 3 is 2.00 bits per heavy atom. The third kappa shape index (κ3) is 7.79. The van der Waals surface area contributed by atoms with E-state index in [1.807, 2.05) is 0 Å². The molecule has 0 atom stereocenters. The van der Waals surface area contributed by atoms with Crippen LogP contribution in [-0.2, 0) is 15.7 Å². The molecule has 10 heteroatoms. The number of nitrogens with zero attached hydrogens (tertiary/aromatic N) is 1. The topological polar surface area (TPSA) is 74.3 Å². The van der Waals surface area contributed by atoms with E-state index in [0.29, 0.717) is 25.0 Å². The van der Waals surface area contributed by atoms with Crippen molar-refractivity contribution < 1.29 is 41.7 Å². The van der Waals surface area contributed by atoms with Crippen LogP contribution < -0.4 is 19.1 Å². The zero-order chi connectivity index (χ0) is 26.7. The predicted molar refractivity (Wildman–Crippen MR) is 129 cm³/mol. The van der Waals surface area contributed by atoms with Crippen LogP contribution >= 0.6 is 0 Å². The van der Waals surface area contributed by atoms with Gasteiger partial charge in [-0.05, 0) is 43.2 Å². The monoisotopic (exact) mass is 511 g/mol. The molecule has 0 saturated carbocycles. The van der Waals surface area contributed by atoms with E-state index >= 15 is 0 Å². The highest BCUT2D eigenvalue weighted by molar-refractivity contribution is 6.07. The second-order valence-electron chi connectivity index (χ2n) is 8.01. The Hall–Kier alpha value is -3.43. The van der Waals surface area contributed by atoms with Gasteiger partial charge in [-0.15, -0.1) is 0 Å². The zero-order valence-electron chi connectivity index (χ0n) is 20.9. The standard InChI is InChI=1S/C26H32F3NO6/c1-33-21-15-18(16-22(34-2)24(21)36-4)25(32)30(14-9-7-5-6-8-13-23(31)35-3)20-12-10-11-19(17-20)26(27,28)29/h10-12,15-17H,5-9,13-14H2,1-4H3. The number of hydrogen-bond donors (Lipinski definition) is 0. The fourth-order valence-corrected chi connectivity index (χ4v) is 3.73. The number of carbonyl (C=O) groups is 2. The number of halogens is 3. The van der Waals surface area contributed by atoms with Crippen molar-refractivity contribution in [1.82, 2.24) is 0 Å². The van der Waals surface area contributed by atoms with Gasteiger partial charge in [0.1, 0.15) is 0 Å². The first-order valence-electron chi connectivity index (χ1n) is 11.5. The van der Waals surface area contributed by atoms with E-state index in [1.54, 1.807) is 0 Å². The lowest BCUT2D eigenvalue weighted by Gasteiger charge is -2.25. The molecule has 0 aliphatic rings. The van der Waals surface area contributed by atoms with Crippen molar-refractivity contribution in [3.05, 3.63) is 47.5 Å². The lowest BCUT2D eigenvalue weighted by Crippen LogP contribution is -2.32. The van der Waals surface area contributed by atoms with Gasteiger partial charge in [0, 0.05) is 24.2 Å². The van der Waals surface area contributed by atoms with Crippen LogP contribution in [0.3, 0.4) is 0 Å². The van der Waals surface area contributed by atoms with Crippen molar-refractivity contribution in [2.75, 3.05) is 39.9 Å². The lowest BCUT2D eigenvalue weighted by atomic mass is 10.1. The molecule has 2 aromatic rings. The van der Waals surface area contributed by atoms with Crippen LogP contribution in [-0.4, -0.2) is 46.9 Å². The maximum Gasteiger partial charge on any atom is 0.416 e. The van der Waals surface area contributed by atoms with E-state index in [0.717, 1.165) is 31.4 Å². The molecule has 0 N–H and O–H groups in total. The molecule has 198 valence electrons. The summed E-state index contributed by atoms with van der Waals surface area (Å²) < 4.78 is 60.6. The summed E-state index contributed by atoms with van der Waals surface area (Å²) in [6.07, 6.45) is -0.604. The minimum Gasteiger partial charge on any atom is -0.493 e. The Morgan fingerprint density at radius 2 is 1.44 bits per heavy atom. The Bertz CT molecular complexity index is 1000. The summed E-state index contributed by atoms with van der Waals surface area (Å²) in [5.74, 6) is 0.0552. The van der Waals surface area contributed by atoms with Crippen LogP contribution in [0.15, 0.2) is 36.4 Å². The number of benzene rings is 2. The highest BCUT2D eigenvalue weighted by Crippen LogP contribution is 2.39. The third-order valence-corrected chi connectivity index (χ3v) is 5.63. The number of rotatable bonds is 13. The maximum absolute atomic E-state index is 13.6. The molecule has 0 aliphatic heterocycles. The van der Waals surface area contributed by atoms with Crippen molar-refractivity contribution in [1.29, 1.82) is 0 Å². The molecule has 0 radical (unpaired) electrons. The Balaban J connectivity index is 2.28. The largest absolute Gasteiger partial charge is 0.493 e. The molecule has 2 rings (SSSR count). The average Bonchev–Trinajstić information content (AvgIpc) is 2.88. The van der Waals surface area contributed by atoms with Gasteiger partial charge >= 0.3 is 12.1 Å². The van der Waals surface area contributed by atoms with Gasteiger partial charge in [-0.1, -0.05) is 25.3 Å². The molecular formula is C26H32F3NO6. The first-order valence-corrected chi connectivity index (χ1v) is 11.5. The van der Waals surface area contributed by atoms with E-state index in [2.05, 4.69) is 4.74 Å². The van der Waals surface area contributed by atoms with Crippen molar-refractivity contribution >= 4 is 17.6 Å². The van der Waals surface area contributed by atoms with Gasteiger partial charge in [0.25, 0.3) is 5.91 Å². The first kappa shape index (κ1) is 28.8. The van der Waals surface area contributed by atoms with Crippen molar-refractivity contribution in [2.45, 2.75) is 44.7 Å². The summed E-state index contributed by atoms with van der Waals surface area (Å²) in [6, 6.07) is 7.62. The van der Waals surface area contributed by atoms with Gasteiger partial charge < -0.3 is 23.8 Å². The molecular weight excluding hydrogens is 479 g/mol. The van der Waals surface area contributed by atoms with Gasteiger partial charge in [-0.2, -0.15) is 13.2 Å². The summed E-state index contributed by atoms with van der Waals surface area (Å²) in [5, 5.41) is 0. The summed E-state index contributed by atoms with van der Waals surface area (Å²) >= 11 is 0. The maximum atomic E-state index is 13.6. The van der Waals surface area contributed by atoms with Gasteiger partial charge in [0.15, 0.2) is 11.5 Å². The highest BCUT2D eigenvalue weighted by atomic mass is 19.4. The number of methoxy groups -OCH3 is 4. The summed E-state index contributed by atoms with van der Waals surface area (Å²) in [7, 11) is 5.60. The van der Waals surface area contributed by atoms with E-state index in [4.69, 9.17) is 14.2 Å². The number of unbranched alkanes of at least 4 members (excludes halogenated alkanes) is 4. The van der Waals surface area contributed by atoms with Gasteiger partial charge in [-0.25, -0.2) is 0 Å². The van der Waals surface area contributed by atoms with Crippen LogP contribution in [0.1, 0.15) is 54.4 Å². The van der Waals surface area contributed by atoms with Crippen molar-refractivity contribution in [3.8, 4) is 17.2 Å². The van der Waals surface area contributed by atoms with Gasteiger partial charge in [0.05, 0.1) is 34.0 Å². The summed E-state index contributed by atoms with van der Waals surface area (Å²) in [6.45, 7) is 0.202. The second-order valence-corrected chi connectivity index (χ2v) is 8.01. The minimum absolute atomic E-state index is 0.134. The minimum atomic E-state index is -4.54. The third-order valence-electron chi connectivity index (χ3n) is 5.63. The quantitative estimate of drug-likeness (QED) is 0.247. The van der Waals surface area contributed by atoms with Crippen LogP contribution in [0, 0.1) is 0 Å². The fourth-order valence-electron chi connectivity index (χ4n) is 3.73. The molecule has 36 heavy (non-hydrogen) atoms. The molecule has 0 heterocycles. The number of hydrogen-bond acceptors (Lipinski definition) is 6. The fraction of sp³-hybridized carbons (Fsp3) is 0.462. The molecule has 1 amide bonds. The molecule has 7 nitrogen and oxygen atoms in total. The number of anilines is 1. The number of ether oxygens (including phenoxy) is 4. The molecule has 0 fully saturated rings. The number of amides is 1. The van der Waals surface area contributed by atoms with E-state index in [-0.39, 0.29) is 35.3 Å². The number of carbonyl (C=O) groups excluding carboxylic acids is 2. The Morgan fingerprint density at radius 1 is 0.833 bits per heavy atom. The molecule has 0 aromatic heterocycles. The number of alkyl halides is 3. The molecule has 0 aliphatic carbocycles. The van der Waals surface area contributed by atoms with E-state index in [9.17, 15) is 22.8 Å². The van der Waals surface area contributed by atoms with Crippen LogP contribution in [0.2, 0.25) is 0 Å². The highest BCUT2D eigenvalue weighted by Gasteiger charge is 2.31. The smallest absolute Gasteiger partial charge is 0.416 e. The first-order chi connectivity index (χ1) is 17.2. The zero-order valence-corrected chi connectivity index (χ0v) is 20.9. The van der Waals surface area contributed by atoms with E-state index < -0.39 is 17.6 Å². The summed E-state index contributed by atoms with van der Waals surface area (Å²) in [4.78, 5) is 26.1. The Kier molecular flexibility index (Phi) is 10.9. The van der Waals surface area contributed by atoms with Gasteiger partial charge in [0.2, 0.25) is 5.75 Å². The van der Waals surface area contributed by atoms with Crippen molar-refractivity contribution in [3.63, 3.8) is 0 Å². The molecule has 0 saturated heterocycles. The van der Waals surface area contributed by atoms with Gasteiger partial charge in [-0.3, -0.25) is 9.59 Å². The Labute approximate surface area is 209 Å². The number of esters is 1. The van der Waals surface area contributed by atoms with E-state index in [1.165, 1.54) is 57.6 Å².